The van der Waals surface area contributed by atoms with Crippen LogP contribution in [-0.2, 0) is 0 Å². The van der Waals surface area contributed by atoms with Gasteiger partial charge in [0.25, 0.3) is 0 Å². The summed E-state index contributed by atoms with van der Waals surface area (Å²) in [5.41, 5.74) is 0. The summed E-state index contributed by atoms with van der Waals surface area (Å²) in [5, 5.41) is 0. The highest BCUT2D eigenvalue weighted by Gasteiger charge is 2.01. The third-order valence-corrected chi connectivity index (χ3v) is 6.87. The Kier molecular flexibility index (Phi) is 6.58. The second-order valence-electron chi connectivity index (χ2n) is 2.90. The van der Waals surface area contributed by atoms with Gasteiger partial charge in [0.05, 0.1) is 8.42 Å². The van der Waals surface area contributed by atoms with Gasteiger partial charge in [-0.1, -0.05) is 13.8 Å². The predicted octanol–water partition coefficient (Wildman–Crippen LogP) is 6.25. The van der Waals surface area contributed by atoms with Crippen molar-refractivity contribution in [3.8, 4) is 0 Å². The Bertz CT molecular complexity index is 374. The average molecular weight is 289 g/mol. The van der Waals surface area contributed by atoms with Gasteiger partial charge in [0, 0.05) is 9.75 Å². The van der Waals surface area contributed by atoms with Gasteiger partial charge in [-0.2, -0.15) is 0 Å². The molecule has 0 fully saturated rings. The van der Waals surface area contributed by atoms with Gasteiger partial charge in [0.1, 0.15) is 0 Å². The summed E-state index contributed by atoms with van der Waals surface area (Å²) in [7, 11) is 3.71. The molecule has 0 spiro atoms. The zero-order valence-electron chi connectivity index (χ0n) is 9.94. The van der Waals surface area contributed by atoms with Gasteiger partial charge in [-0.25, -0.2) is 0 Å². The van der Waals surface area contributed by atoms with Gasteiger partial charge >= 0.3 is 0 Å². The van der Waals surface area contributed by atoms with Crippen LogP contribution in [-0.4, -0.2) is 0 Å². The third kappa shape index (κ3) is 4.53. The second kappa shape index (κ2) is 7.43. The lowest BCUT2D eigenvalue weighted by Crippen LogP contribution is -1.52. The molecule has 2 rings (SSSR count). The van der Waals surface area contributed by atoms with Crippen LogP contribution < -0.4 is 0 Å². The molecule has 88 valence electrons. The average Bonchev–Trinajstić information content (AvgIpc) is 2.88. The SMILES string of the molecule is CC.Cc1ccc(SSc2ccc(C)s2)s1. The molecular formula is C12H16S4. The largest absolute Gasteiger partial charge is 0.133 e. The number of aryl methyl sites for hydroxylation is 2. The zero-order chi connectivity index (χ0) is 12.0. The fourth-order valence-corrected chi connectivity index (χ4v) is 5.70. The topological polar surface area (TPSA) is 0 Å². The predicted molar refractivity (Wildman–Crippen MR) is 81.2 cm³/mol. The van der Waals surface area contributed by atoms with Crippen molar-refractivity contribution in [1.82, 2.24) is 0 Å². The van der Waals surface area contributed by atoms with Crippen molar-refractivity contribution in [2.24, 2.45) is 0 Å². The fourth-order valence-electron chi connectivity index (χ4n) is 0.996. The van der Waals surface area contributed by atoms with E-state index in [1.54, 1.807) is 0 Å². The molecule has 4 heteroatoms. The Morgan fingerprint density at radius 3 is 1.38 bits per heavy atom. The van der Waals surface area contributed by atoms with Crippen molar-refractivity contribution in [2.75, 3.05) is 0 Å². The maximum absolute atomic E-state index is 2.19. The number of thiophene rings is 2. The number of hydrogen-bond acceptors (Lipinski definition) is 4. The molecule has 0 bridgehead atoms. The molecule has 0 saturated heterocycles. The monoisotopic (exact) mass is 288 g/mol. The van der Waals surface area contributed by atoms with Crippen LogP contribution in [0.25, 0.3) is 0 Å². The summed E-state index contributed by atoms with van der Waals surface area (Å²) in [5.74, 6) is 0. The van der Waals surface area contributed by atoms with Gasteiger partial charge in [-0.05, 0) is 59.7 Å². The minimum absolute atomic E-state index is 1.38. The van der Waals surface area contributed by atoms with Gasteiger partial charge in [0.15, 0.2) is 0 Å². The Labute approximate surface area is 114 Å². The first-order chi connectivity index (χ1) is 7.74. The van der Waals surface area contributed by atoms with Gasteiger partial charge < -0.3 is 0 Å². The van der Waals surface area contributed by atoms with Crippen molar-refractivity contribution in [3.05, 3.63) is 34.0 Å². The normalized spacial score (nSPS) is 9.75. The summed E-state index contributed by atoms with van der Waals surface area (Å²) in [6.07, 6.45) is 0. The van der Waals surface area contributed by atoms with Crippen LogP contribution in [0.4, 0.5) is 0 Å². The highest BCUT2D eigenvalue weighted by Crippen LogP contribution is 2.42. The lowest BCUT2D eigenvalue weighted by Gasteiger charge is -1.92. The molecule has 0 aliphatic rings. The second-order valence-corrected chi connectivity index (χ2v) is 8.20. The van der Waals surface area contributed by atoms with Gasteiger partial charge in [0.2, 0.25) is 0 Å². The quantitative estimate of drug-likeness (QED) is 0.612. The van der Waals surface area contributed by atoms with Crippen LogP contribution in [0, 0.1) is 13.8 Å². The lowest BCUT2D eigenvalue weighted by atomic mass is 10.5. The smallest absolute Gasteiger partial charge is 0.0712 e. The molecule has 0 aliphatic carbocycles. The Hall–Kier alpha value is 0.1000. The van der Waals surface area contributed by atoms with E-state index in [1.165, 1.54) is 18.2 Å². The molecule has 0 N–H and O–H groups in total. The highest BCUT2D eigenvalue weighted by molar-refractivity contribution is 8.77. The standard InChI is InChI=1S/C10H10S4.C2H6/c1-7-3-5-9(11-7)13-14-10-6-4-8(2)12-10;1-2/h3-6H,1-2H3;1-2H3. The molecule has 0 radical (unpaired) electrons. The summed E-state index contributed by atoms with van der Waals surface area (Å²) < 4.78 is 2.78. The molecule has 16 heavy (non-hydrogen) atoms. The Morgan fingerprint density at radius 1 is 0.750 bits per heavy atom. The molecule has 2 aromatic rings. The highest BCUT2D eigenvalue weighted by atomic mass is 33.1. The summed E-state index contributed by atoms with van der Waals surface area (Å²) in [6, 6.07) is 8.73. The van der Waals surface area contributed by atoms with Crippen molar-refractivity contribution < 1.29 is 0 Å². The van der Waals surface area contributed by atoms with Crippen molar-refractivity contribution in [3.63, 3.8) is 0 Å². The Morgan fingerprint density at radius 2 is 1.12 bits per heavy atom. The van der Waals surface area contributed by atoms with E-state index in [4.69, 9.17) is 0 Å². The van der Waals surface area contributed by atoms with Crippen molar-refractivity contribution in [1.29, 1.82) is 0 Å². The molecule has 0 aliphatic heterocycles. The molecule has 0 unspecified atom stereocenters. The van der Waals surface area contributed by atoms with E-state index in [9.17, 15) is 0 Å². The van der Waals surface area contributed by atoms with Gasteiger partial charge in [-0.15, -0.1) is 22.7 Å². The van der Waals surface area contributed by atoms with E-state index in [2.05, 4.69) is 38.1 Å². The summed E-state index contributed by atoms with van der Waals surface area (Å²) in [6.45, 7) is 8.30. The van der Waals surface area contributed by atoms with E-state index >= 15 is 0 Å². The minimum Gasteiger partial charge on any atom is -0.133 e. The van der Waals surface area contributed by atoms with E-state index in [-0.39, 0.29) is 0 Å². The van der Waals surface area contributed by atoms with Crippen LogP contribution in [0.15, 0.2) is 32.7 Å². The maximum atomic E-state index is 2.19. The molecule has 2 heterocycles. The van der Waals surface area contributed by atoms with Crippen LogP contribution >= 0.6 is 44.3 Å². The lowest BCUT2D eigenvalue weighted by molar-refractivity contribution is 1.50. The van der Waals surface area contributed by atoms with E-state index in [0.717, 1.165) is 0 Å². The fraction of sp³-hybridized carbons (Fsp3) is 0.333. The van der Waals surface area contributed by atoms with Gasteiger partial charge in [-0.3, -0.25) is 0 Å². The van der Waals surface area contributed by atoms with E-state index < -0.39 is 0 Å². The summed E-state index contributed by atoms with van der Waals surface area (Å²) in [4.78, 5) is 2.77. The zero-order valence-corrected chi connectivity index (χ0v) is 13.2. The van der Waals surface area contributed by atoms with Crippen LogP contribution in [0.3, 0.4) is 0 Å². The first-order valence-corrected chi connectivity index (χ1v) is 9.00. The van der Waals surface area contributed by atoms with Crippen LogP contribution in [0.1, 0.15) is 23.6 Å². The molecule has 0 aromatic carbocycles. The molecule has 0 atom stereocenters. The van der Waals surface area contributed by atoms with E-state index in [0.29, 0.717) is 0 Å². The molecule has 0 saturated carbocycles. The minimum atomic E-state index is 1.38. The molecular weight excluding hydrogens is 272 g/mol. The van der Waals surface area contributed by atoms with E-state index in [1.807, 2.05) is 58.1 Å². The number of hydrogen-bond donors (Lipinski definition) is 0. The molecule has 0 nitrogen and oxygen atoms in total. The van der Waals surface area contributed by atoms with Crippen molar-refractivity contribution in [2.45, 2.75) is 36.1 Å². The van der Waals surface area contributed by atoms with Crippen LogP contribution in [0.2, 0.25) is 0 Å². The summed E-state index contributed by atoms with van der Waals surface area (Å²) >= 11 is 3.72. The maximum Gasteiger partial charge on any atom is 0.0712 e. The first kappa shape index (κ1) is 14.2. The first-order valence-electron chi connectivity index (χ1n) is 5.21. The number of rotatable bonds is 3. The Balaban J connectivity index is 0.000000606. The third-order valence-electron chi connectivity index (χ3n) is 1.64. The molecule has 2 aromatic heterocycles. The van der Waals surface area contributed by atoms with Crippen LogP contribution in [0.5, 0.6) is 0 Å². The molecule has 0 amide bonds. The van der Waals surface area contributed by atoms with Crippen molar-refractivity contribution >= 4 is 44.3 Å².